The molecule has 3 N–H and O–H groups in total. The van der Waals surface area contributed by atoms with Crippen molar-refractivity contribution in [1.29, 1.82) is 0 Å². The maximum Gasteiger partial charge on any atom is 0.307 e. The molecule has 0 bridgehead atoms. The van der Waals surface area contributed by atoms with Gasteiger partial charge in [0, 0.05) is 6.92 Å². The summed E-state index contributed by atoms with van der Waals surface area (Å²) < 4.78 is 25.5. The first kappa shape index (κ1) is 19.8. The smallest absolute Gasteiger partial charge is 0.307 e. The van der Waals surface area contributed by atoms with Gasteiger partial charge < -0.3 is 10.3 Å². The summed E-state index contributed by atoms with van der Waals surface area (Å²) in [5.74, 6) is -1.68. The summed E-state index contributed by atoms with van der Waals surface area (Å²) in [6.07, 6.45) is -0.151. The lowest BCUT2D eigenvalue weighted by molar-refractivity contribution is -0.439. The maximum absolute atomic E-state index is 11.9. The Bertz CT molecular complexity index is 969. The second-order valence-electron chi connectivity index (χ2n) is 5.41. The Kier molecular flexibility index (Phi) is 6.08. The van der Waals surface area contributed by atoms with Gasteiger partial charge in [0.2, 0.25) is 5.91 Å². The number of benzene rings is 2. The van der Waals surface area contributed by atoms with Crippen molar-refractivity contribution in [3.63, 3.8) is 0 Å². The number of nitrogens with zero attached hydrogens (tertiary/aromatic N) is 2. The van der Waals surface area contributed by atoms with Crippen LogP contribution in [0, 0.1) is 5.21 Å². The summed E-state index contributed by atoms with van der Waals surface area (Å²) in [7, 11) is -3.94. The summed E-state index contributed by atoms with van der Waals surface area (Å²) in [6.45, 7) is 1.09. The normalized spacial score (nSPS) is 11.7. The molecule has 27 heavy (non-hydrogen) atoms. The molecule has 0 aliphatic heterocycles. The zero-order valence-electron chi connectivity index (χ0n) is 14.1. The molecular weight excluding hydrogens is 376 g/mol. The van der Waals surface area contributed by atoms with E-state index in [-0.39, 0.29) is 17.0 Å². The number of aliphatic carboxylic acids is 1. The van der Waals surface area contributed by atoms with Crippen molar-refractivity contribution in [2.75, 3.05) is 5.43 Å². The molecule has 2 rings (SSSR count). The lowest BCUT2D eigenvalue weighted by Crippen LogP contribution is -2.28. The fraction of sp³-hybridized carbons (Fsp3) is 0.125. The minimum absolute atomic E-state index is 0.115. The average molecular weight is 392 g/mol. The summed E-state index contributed by atoms with van der Waals surface area (Å²) >= 11 is 0. The van der Waals surface area contributed by atoms with Gasteiger partial charge in [-0.1, -0.05) is 12.1 Å². The van der Waals surface area contributed by atoms with E-state index in [1.165, 1.54) is 48.5 Å². The van der Waals surface area contributed by atoms with Gasteiger partial charge in [0.1, 0.15) is 5.69 Å². The zero-order chi connectivity index (χ0) is 20.0. The average Bonchev–Trinajstić information content (AvgIpc) is 2.59. The van der Waals surface area contributed by atoms with Gasteiger partial charge in [0.15, 0.2) is 5.69 Å². The maximum atomic E-state index is 11.9. The number of sulfonamides is 1. The van der Waals surface area contributed by atoms with Crippen molar-refractivity contribution in [2.45, 2.75) is 18.2 Å². The molecule has 0 fully saturated rings. The van der Waals surface area contributed by atoms with Crippen molar-refractivity contribution < 1.29 is 28.0 Å². The fourth-order valence-corrected chi connectivity index (χ4v) is 3.02. The molecule has 0 saturated heterocycles. The number of anilines is 1. The van der Waals surface area contributed by atoms with E-state index in [2.05, 4.69) is 10.6 Å². The van der Waals surface area contributed by atoms with Crippen LogP contribution < -0.4 is 10.1 Å². The van der Waals surface area contributed by atoms with Crippen molar-refractivity contribution >= 4 is 33.3 Å². The van der Waals surface area contributed by atoms with Gasteiger partial charge in [-0.15, -0.1) is 10.3 Å². The molecule has 0 heterocycles. The van der Waals surface area contributed by atoms with E-state index in [0.717, 1.165) is 6.92 Å². The standard InChI is InChI=1S/C16H16N4O6S/c1-11(21)18-27(25,26)15-8-4-13(5-9-15)17-19-20(24)14-6-2-12(3-7-14)10-16(22)23/h2-9,17H,10H2,1H3,(H,18,21)(H,22,23)/b20-19-. The Labute approximate surface area is 154 Å². The highest BCUT2D eigenvalue weighted by atomic mass is 32.2. The summed E-state index contributed by atoms with van der Waals surface area (Å²) in [5, 5.41) is 24.2. The number of carboxylic acid groups (broad SMARTS) is 1. The van der Waals surface area contributed by atoms with Gasteiger partial charge in [-0.3, -0.25) is 9.59 Å². The first-order valence-corrected chi connectivity index (χ1v) is 9.04. The quantitative estimate of drug-likeness (QED) is 0.369. The van der Waals surface area contributed by atoms with Crippen molar-refractivity contribution in [2.24, 2.45) is 5.22 Å². The minimum Gasteiger partial charge on any atom is -0.691 e. The molecule has 11 heteroatoms. The molecule has 0 aromatic heterocycles. The zero-order valence-corrected chi connectivity index (χ0v) is 14.9. The van der Waals surface area contributed by atoms with Crippen LogP contribution in [0.1, 0.15) is 12.5 Å². The predicted octanol–water partition coefficient (Wildman–Crippen LogP) is 1.76. The molecule has 2 aromatic carbocycles. The molecule has 0 unspecified atom stereocenters. The van der Waals surface area contributed by atoms with Crippen molar-refractivity contribution in [1.82, 2.24) is 4.72 Å². The van der Waals surface area contributed by atoms with E-state index >= 15 is 0 Å². The van der Waals surface area contributed by atoms with Crippen LogP contribution in [0.5, 0.6) is 0 Å². The van der Waals surface area contributed by atoms with Crippen molar-refractivity contribution in [3.05, 3.63) is 59.3 Å². The van der Waals surface area contributed by atoms with Crippen LogP contribution >= 0.6 is 0 Å². The molecular formula is C16H16N4O6S. The van der Waals surface area contributed by atoms with Crippen LogP contribution in [0.25, 0.3) is 0 Å². The number of rotatable bonds is 7. The summed E-state index contributed by atoms with van der Waals surface area (Å²) in [4.78, 5) is 21.7. The third-order valence-electron chi connectivity index (χ3n) is 3.23. The number of carbonyl (C=O) groups is 2. The molecule has 10 nitrogen and oxygen atoms in total. The SMILES string of the molecule is CC(=O)NS(=O)(=O)c1ccc(N/N=[N+](\[O-])c2ccc(CC(=O)O)cc2)cc1. The number of nitrogens with one attached hydrogen (secondary N) is 2. The molecule has 142 valence electrons. The van der Waals surface area contributed by atoms with E-state index < -0.39 is 21.9 Å². The molecule has 0 spiro atoms. The largest absolute Gasteiger partial charge is 0.691 e. The van der Waals surface area contributed by atoms with Crippen LogP contribution in [0.15, 0.2) is 58.6 Å². The second kappa shape index (κ2) is 8.27. The molecule has 0 aliphatic carbocycles. The van der Waals surface area contributed by atoms with Crippen LogP contribution in [0.3, 0.4) is 0 Å². The lowest BCUT2D eigenvalue weighted by atomic mass is 10.1. The fourth-order valence-electron chi connectivity index (χ4n) is 2.03. The topological polar surface area (TPSA) is 151 Å². The molecule has 0 aliphatic rings. The van der Waals surface area contributed by atoms with E-state index in [1.807, 2.05) is 4.72 Å². The number of carboxylic acids is 1. The van der Waals surface area contributed by atoms with Gasteiger partial charge in [-0.05, 0) is 42.0 Å². The molecule has 2 aromatic rings. The molecule has 0 radical (unpaired) electrons. The third kappa shape index (κ3) is 5.78. The van der Waals surface area contributed by atoms with Crippen LogP contribution in [-0.4, -0.2) is 30.3 Å². The monoisotopic (exact) mass is 392 g/mol. The molecule has 0 saturated carbocycles. The van der Waals surface area contributed by atoms with Crippen LogP contribution in [0.4, 0.5) is 11.4 Å². The van der Waals surface area contributed by atoms with Gasteiger partial charge in [-0.25, -0.2) is 13.1 Å². The van der Waals surface area contributed by atoms with Gasteiger partial charge >= 0.3 is 5.97 Å². The summed E-state index contributed by atoms with van der Waals surface area (Å²) in [6, 6.07) is 11.1. The number of hydrogen-bond acceptors (Lipinski definition) is 6. The Balaban J connectivity index is 2.06. The van der Waals surface area contributed by atoms with E-state index in [4.69, 9.17) is 5.11 Å². The number of amides is 1. The predicted molar refractivity (Wildman–Crippen MR) is 94.6 cm³/mol. The molecule has 1 amide bonds. The Morgan fingerprint density at radius 3 is 2.22 bits per heavy atom. The highest BCUT2D eigenvalue weighted by Gasteiger charge is 2.15. The van der Waals surface area contributed by atoms with E-state index in [1.54, 1.807) is 0 Å². The van der Waals surface area contributed by atoms with Crippen molar-refractivity contribution in [3.8, 4) is 0 Å². The van der Waals surface area contributed by atoms with Gasteiger partial charge in [0.05, 0.1) is 16.5 Å². The van der Waals surface area contributed by atoms with Gasteiger partial charge in [0.25, 0.3) is 10.0 Å². The first-order chi connectivity index (χ1) is 12.7. The molecule has 0 atom stereocenters. The number of hydrogen-bond donors (Lipinski definition) is 3. The Morgan fingerprint density at radius 1 is 1.11 bits per heavy atom. The second-order valence-corrected chi connectivity index (χ2v) is 7.09. The highest BCUT2D eigenvalue weighted by Crippen LogP contribution is 2.16. The van der Waals surface area contributed by atoms with Crippen LogP contribution in [-0.2, 0) is 26.0 Å². The lowest BCUT2D eigenvalue weighted by Gasteiger charge is -2.07. The number of carbonyl (C=O) groups excluding carboxylic acids is 1. The Morgan fingerprint density at radius 2 is 1.70 bits per heavy atom. The third-order valence-corrected chi connectivity index (χ3v) is 4.67. The van der Waals surface area contributed by atoms with E-state index in [0.29, 0.717) is 16.1 Å². The first-order valence-electron chi connectivity index (χ1n) is 7.55. The minimum atomic E-state index is -3.94. The highest BCUT2D eigenvalue weighted by molar-refractivity contribution is 7.90. The summed E-state index contributed by atoms with van der Waals surface area (Å²) in [5.41, 5.74) is 3.55. The van der Waals surface area contributed by atoms with Crippen LogP contribution in [0.2, 0.25) is 0 Å². The van der Waals surface area contributed by atoms with Gasteiger partial charge in [-0.2, -0.15) is 0 Å². The Hall–Kier alpha value is -3.47. The van der Waals surface area contributed by atoms with E-state index in [9.17, 15) is 23.2 Å².